The number of rotatable bonds is 10. The van der Waals surface area contributed by atoms with E-state index in [-0.39, 0.29) is 61.3 Å². The van der Waals surface area contributed by atoms with Gasteiger partial charge in [0.05, 0.1) is 16.7 Å². The van der Waals surface area contributed by atoms with Gasteiger partial charge in [-0.2, -0.15) is 16.8 Å². The summed E-state index contributed by atoms with van der Waals surface area (Å²) >= 11 is 0. The third-order valence-electron chi connectivity index (χ3n) is 10.6. The maximum atomic E-state index is 12.8. The Balaban J connectivity index is 1.62. The van der Waals surface area contributed by atoms with Crippen molar-refractivity contribution in [1.82, 2.24) is 0 Å². The lowest BCUT2D eigenvalue weighted by Crippen LogP contribution is -2.20. The van der Waals surface area contributed by atoms with Gasteiger partial charge in [0.1, 0.15) is 21.1 Å². The van der Waals surface area contributed by atoms with Crippen molar-refractivity contribution in [2.45, 2.75) is 79.0 Å². The predicted octanol–water partition coefficient (Wildman–Crippen LogP) is 9.71. The molecule has 13 nitrogen and oxygen atoms in total. The van der Waals surface area contributed by atoms with Crippen LogP contribution in [-0.4, -0.2) is 37.8 Å². The summed E-state index contributed by atoms with van der Waals surface area (Å²) in [5.74, 6) is -0.839. The molecule has 314 valence electrons. The second-order valence-electron chi connectivity index (χ2n) is 15.7. The van der Waals surface area contributed by atoms with Crippen molar-refractivity contribution in [3.63, 3.8) is 0 Å². The molecule has 0 aromatic heterocycles. The van der Waals surface area contributed by atoms with E-state index in [0.717, 1.165) is 22.4 Å². The van der Waals surface area contributed by atoms with E-state index < -0.39 is 26.2 Å². The first-order valence-corrected chi connectivity index (χ1v) is 22.1. The van der Waals surface area contributed by atoms with Gasteiger partial charge in [-0.3, -0.25) is 18.7 Å². The highest BCUT2D eigenvalue weighted by atomic mass is 32.2. The van der Waals surface area contributed by atoms with E-state index in [1.54, 1.807) is 63.2 Å². The summed E-state index contributed by atoms with van der Waals surface area (Å²) in [6.07, 6.45) is 0. The van der Waals surface area contributed by atoms with E-state index in [0.29, 0.717) is 44.4 Å². The van der Waals surface area contributed by atoms with Gasteiger partial charge in [-0.15, -0.1) is 0 Å². The molecule has 0 atom stereocenters. The largest absolute Gasteiger partial charge is 0.456 e. The normalized spacial score (nSPS) is 12.5. The number of aryl methyl sites for hydroxylation is 2. The fraction of sp³-hybridized carbons (Fsp3) is 0.267. The number of carbonyl (C=O) groups excluding carboxylic acids is 2. The molecule has 1 aliphatic carbocycles. The molecule has 4 aromatic rings. The number of amides is 2. The lowest BCUT2D eigenvalue weighted by atomic mass is 9.93. The molecule has 0 fully saturated rings. The van der Waals surface area contributed by atoms with Gasteiger partial charge < -0.3 is 20.4 Å². The third kappa shape index (κ3) is 8.43. The Morgan fingerprint density at radius 1 is 0.650 bits per heavy atom. The molecule has 0 bridgehead atoms. The lowest BCUT2D eigenvalue weighted by molar-refractivity contribution is -0.119. The molecule has 60 heavy (non-hydrogen) atoms. The Morgan fingerprint density at radius 3 is 1.88 bits per heavy atom. The average Bonchev–Trinajstić information content (AvgIpc) is 3.16. The van der Waals surface area contributed by atoms with Crippen LogP contribution in [0, 0.1) is 53.4 Å². The number of anilines is 4. The first-order chi connectivity index (χ1) is 28.0. The van der Waals surface area contributed by atoms with Crippen LogP contribution in [0.15, 0.2) is 85.9 Å². The van der Waals surface area contributed by atoms with Gasteiger partial charge in [-0.05, 0) is 105 Å². The Bertz CT molecular complexity index is 3020. The lowest BCUT2D eigenvalue weighted by Gasteiger charge is -2.21. The summed E-state index contributed by atoms with van der Waals surface area (Å²) in [6.45, 7) is 17.6. The Hall–Kier alpha value is -5.87. The zero-order valence-corrected chi connectivity index (χ0v) is 36.7. The zero-order valence-electron chi connectivity index (χ0n) is 35.0. The first-order valence-electron chi connectivity index (χ1n) is 19.2. The van der Waals surface area contributed by atoms with Crippen LogP contribution in [0.1, 0.15) is 61.1 Å². The summed E-state index contributed by atoms with van der Waals surface area (Å²) in [5, 5.41) is 10.2. The smallest absolute Gasteiger partial charge is 0.295 e. The highest BCUT2D eigenvalue weighted by molar-refractivity contribution is 7.86. The highest BCUT2D eigenvalue weighted by Gasteiger charge is 2.27. The second-order valence-corrected chi connectivity index (χ2v) is 18.4. The van der Waals surface area contributed by atoms with Crippen molar-refractivity contribution in [2.24, 2.45) is 16.8 Å². The van der Waals surface area contributed by atoms with Gasteiger partial charge in [-0.25, -0.2) is 4.99 Å². The summed E-state index contributed by atoms with van der Waals surface area (Å²) in [4.78, 5) is 29.7. The molecule has 6 rings (SSSR count). The number of fused-ring (bicyclic) bond motifs is 2. The molecular formula is C45H48N4O9S2. The summed E-state index contributed by atoms with van der Waals surface area (Å²) in [6, 6.07) is 18.4. The van der Waals surface area contributed by atoms with Crippen LogP contribution >= 0.6 is 0 Å². The molecule has 15 heteroatoms. The molecule has 5 N–H and O–H groups in total. The van der Waals surface area contributed by atoms with Crippen molar-refractivity contribution in [1.29, 1.82) is 0 Å². The van der Waals surface area contributed by atoms with Crippen molar-refractivity contribution in [3.05, 3.63) is 105 Å². The maximum Gasteiger partial charge on any atom is 0.295 e. The van der Waals surface area contributed by atoms with Crippen molar-refractivity contribution in [2.75, 3.05) is 16.0 Å². The molecule has 4 aromatic carbocycles. The SMILES string of the molecule is Cc1cc(C)c(Nc2ccc3c(-c4ccccc4S(=O)(=O)O)c4ccc(=Nc5c(C)c(NC(=O)C(C)C)c(C)c(S(=O)(=O)O)c5C)cc-4oc3c2)c(C)c1NC(=O)C(C)C. The van der Waals surface area contributed by atoms with Crippen molar-refractivity contribution < 1.29 is 39.9 Å². The quantitative estimate of drug-likeness (QED) is 0.0652. The topological polar surface area (TPSA) is 204 Å². The Kier molecular flexibility index (Phi) is 11.9. The molecule has 1 aliphatic heterocycles. The molecule has 1 heterocycles. The van der Waals surface area contributed by atoms with Gasteiger partial charge in [0.2, 0.25) is 11.8 Å². The minimum absolute atomic E-state index is 0.110. The second kappa shape index (κ2) is 16.3. The van der Waals surface area contributed by atoms with Crippen LogP contribution in [0.3, 0.4) is 0 Å². The van der Waals surface area contributed by atoms with Crippen LogP contribution in [0.5, 0.6) is 0 Å². The Labute approximate surface area is 349 Å². The number of hydrogen-bond acceptors (Lipinski definition) is 9. The minimum atomic E-state index is -4.76. The summed E-state index contributed by atoms with van der Waals surface area (Å²) < 4.78 is 78.1. The van der Waals surface area contributed by atoms with Crippen molar-refractivity contribution in [3.8, 4) is 22.5 Å². The van der Waals surface area contributed by atoms with E-state index in [1.807, 2.05) is 46.8 Å². The zero-order chi connectivity index (χ0) is 44.2. The van der Waals surface area contributed by atoms with Crippen LogP contribution < -0.4 is 21.3 Å². The number of nitrogens with zero attached hydrogens (tertiary/aromatic N) is 1. The van der Waals surface area contributed by atoms with Crippen LogP contribution in [0.2, 0.25) is 0 Å². The minimum Gasteiger partial charge on any atom is -0.456 e. The summed E-state index contributed by atoms with van der Waals surface area (Å²) in [7, 11) is -9.44. The molecule has 2 aliphatic rings. The maximum absolute atomic E-state index is 12.8. The van der Waals surface area contributed by atoms with Gasteiger partial charge in [0.15, 0.2) is 0 Å². The fourth-order valence-corrected chi connectivity index (χ4v) is 9.19. The van der Waals surface area contributed by atoms with Crippen molar-refractivity contribution >= 4 is 71.5 Å². The highest BCUT2D eigenvalue weighted by Crippen LogP contribution is 2.44. The van der Waals surface area contributed by atoms with Gasteiger partial charge >= 0.3 is 0 Å². The number of nitrogens with one attached hydrogen (secondary N) is 3. The molecule has 2 amide bonds. The van der Waals surface area contributed by atoms with Crippen LogP contribution in [-0.2, 0) is 29.8 Å². The average molecular weight is 853 g/mol. The number of carbonyl (C=O) groups is 2. The van der Waals surface area contributed by atoms with E-state index in [9.17, 15) is 35.5 Å². The standard InChI is InChI=1S/C45H48N4O9S2/c1-22(2)44(50)48-40-25(6)19-24(5)39(26(40)7)46-30-15-17-32-35(20-30)58-36-21-31(16-18-33(36)38(32)34-13-11-12-14-37(34)59(52,53)54)47-41-27(8)42(49-45(51)23(3)4)29(10)43(28(41)9)60(55,56)57/h11-23,46H,1-10H3,(H,48,50)(H,49,51)(H,52,53,54)(H,55,56,57). The molecule has 0 saturated carbocycles. The van der Waals surface area contributed by atoms with E-state index in [4.69, 9.17) is 9.41 Å². The van der Waals surface area contributed by atoms with E-state index in [2.05, 4.69) is 16.0 Å². The van der Waals surface area contributed by atoms with E-state index >= 15 is 0 Å². The third-order valence-corrected chi connectivity index (χ3v) is 12.6. The van der Waals surface area contributed by atoms with E-state index in [1.165, 1.54) is 26.0 Å². The molecule has 0 unspecified atom stereocenters. The first kappa shape index (κ1) is 43.7. The monoisotopic (exact) mass is 852 g/mol. The van der Waals surface area contributed by atoms with Gasteiger partial charge in [0, 0.05) is 63.1 Å². The van der Waals surface area contributed by atoms with Crippen LogP contribution in [0.25, 0.3) is 33.4 Å². The van der Waals surface area contributed by atoms with Gasteiger partial charge in [-0.1, -0.05) is 52.0 Å². The fourth-order valence-electron chi connectivity index (χ4n) is 7.52. The van der Waals surface area contributed by atoms with Crippen LogP contribution in [0.4, 0.5) is 28.4 Å². The molecule has 0 radical (unpaired) electrons. The number of benzene rings is 5. The number of hydrogen-bond donors (Lipinski definition) is 5. The molecule has 0 saturated heterocycles. The summed E-state index contributed by atoms with van der Waals surface area (Å²) in [5.41, 5.74) is 7.48. The molecule has 0 spiro atoms. The molecular weight excluding hydrogens is 805 g/mol. The van der Waals surface area contributed by atoms with Gasteiger partial charge in [0.25, 0.3) is 20.2 Å². The Morgan fingerprint density at radius 2 is 1.27 bits per heavy atom. The predicted molar refractivity (Wildman–Crippen MR) is 235 cm³/mol.